The van der Waals surface area contributed by atoms with E-state index in [0.717, 1.165) is 13.0 Å². The smallest absolute Gasteiger partial charge is 0.108 e. The van der Waals surface area contributed by atoms with Crippen molar-refractivity contribution in [3.63, 3.8) is 0 Å². The van der Waals surface area contributed by atoms with E-state index >= 15 is 0 Å². The van der Waals surface area contributed by atoms with Crippen molar-refractivity contribution in [1.82, 2.24) is 14.9 Å². The molecule has 2 unspecified atom stereocenters. The van der Waals surface area contributed by atoms with Crippen LogP contribution < -0.4 is 5.32 Å². The lowest BCUT2D eigenvalue weighted by atomic mass is 9.85. The number of hydrogen-bond acceptors (Lipinski definition) is 2. The van der Waals surface area contributed by atoms with Gasteiger partial charge in [-0.1, -0.05) is 20.8 Å². The second-order valence-electron chi connectivity index (χ2n) is 5.25. The molecule has 0 saturated heterocycles. The summed E-state index contributed by atoms with van der Waals surface area (Å²) in [4.78, 5) is 4.39. The maximum atomic E-state index is 4.39. The zero-order chi connectivity index (χ0) is 12.8. The van der Waals surface area contributed by atoms with Crippen LogP contribution in [0.15, 0.2) is 12.4 Å². The Morgan fingerprint density at radius 3 is 2.53 bits per heavy atom. The largest absolute Gasteiger partial charge is 0.338 e. The van der Waals surface area contributed by atoms with E-state index in [1.807, 2.05) is 12.4 Å². The van der Waals surface area contributed by atoms with Crippen molar-refractivity contribution >= 4 is 0 Å². The summed E-state index contributed by atoms with van der Waals surface area (Å²) in [6.45, 7) is 10.2. The van der Waals surface area contributed by atoms with Crippen LogP contribution in [0.2, 0.25) is 0 Å². The third-order valence-corrected chi connectivity index (χ3v) is 3.65. The van der Waals surface area contributed by atoms with E-state index in [-0.39, 0.29) is 0 Å². The van der Waals surface area contributed by atoms with Gasteiger partial charge in [0.15, 0.2) is 0 Å². The first-order chi connectivity index (χ1) is 8.06. The van der Waals surface area contributed by atoms with Gasteiger partial charge in [-0.15, -0.1) is 0 Å². The summed E-state index contributed by atoms with van der Waals surface area (Å²) in [6, 6.07) is 0.584. The van der Waals surface area contributed by atoms with Gasteiger partial charge in [-0.2, -0.15) is 0 Å². The van der Waals surface area contributed by atoms with E-state index < -0.39 is 0 Å². The predicted octanol–water partition coefficient (Wildman–Crippen LogP) is 2.62. The van der Waals surface area contributed by atoms with Gasteiger partial charge in [0.25, 0.3) is 0 Å². The van der Waals surface area contributed by atoms with Crippen LogP contribution in [0, 0.1) is 11.8 Å². The first-order valence-electron chi connectivity index (χ1n) is 6.75. The monoisotopic (exact) mass is 237 g/mol. The third kappa shape index (κ3) is 4.15. The highest BCUT2D eigenvalue weighted by molar-refractivity contribution is 4.92. The highest BCUT2D eigenvalue weighted by atomic mass is 15.0. The predicted molar refractivity (Wildman–Crippen MR) is 73.0 cm³/mol. The molecule has 0 aromatic carbocycles. The van der Waals surface area contributed by atoms with Crippen molar-refractivity contribution in [3.8, 4) is 0 Å². The van der Waals surface area contributed by atoms with E-state index in [4.69, 9.17) is 0 Å². The molecule has 0 aliphatic rings. The van der Waals surface area contributed by atoms with Gasteiger partial charge in [0.1, 0.15) is 5.82 Å². The number of nitrogens with zero attached hydrogens (tertiary/aromatic N) is 2. The fourth-order valence-electron chi connectivity index (χ4n) is 2.57. The molecule has 1 aromatic rings. The zero-order valence-corrected chi connectivity index (χ0v) is 11.9. The molecule has 0 radical (unpaired) electrons. The van der Waals surface area contributed by atoms with Crippen LogP contribution in [0.1, 0.15) is 39.9 Å². The summed E-state index contributed by atoms with van der Waals surface area (Å²) in [5.74, 6) is 2.62. The van der Waals surface area contributed by atoms with Crippen molar-refractivity contribution in [3.05, 3.63) is 18.2 Å². The highest BCUT2D eigenvalue weighted by Crippen LogP contribution is 2.21. The first kappa shape index (κ1) is 14.2. The molecule has 98 valence electrons. The SMILES string of the molecule is CCNC(C)C(CCc1nccn1C)C(C)C. The lowest BCUT2D eigenvalue weighted by Gasteiger charge is -2.28. The van der Waals surface area contributed by atoms with E-state index in [2.05, 4.69) is 49.6 Å². The molecule has 0 bridgehead atoms. The van der Waals surface area contributed by atoms with Crippen LogP contribution in [0.5, 0.6) is 0 Å². The molecule has 0 aliphatic carbocycles. The van der Waals surface area contributed by atoms with Crippen molar-refractivity contribution in [2.75, 3.05) is 6.54 Å². The molecule has 1 heterocycles. The number of hydrogen-bond donors (Lipinski definition) is 1. The first-order valence-corrected chi connectivity index (χ1v) is 6.75. The van der Waals surface area contributed by atoms with Crippen LogP contribution in [-0.2, 0) is 13.5 Å². The molecule has 1 N–H and O–H groups in total. The molecule has 0 spiro atoms. The minimum absolute atomic E-state index is 0.584. The summed E-state index contributed by atoms with van der Waals surface area (Å²) in [5, 5.41) is 3.54. The van der Waals surface area contributed by atoms with Crippen LogP contribution in [-0.4, -0.2) is 22.1 Å². The van der Waals surface area contributed by atoms with Crippen molar-refractivity contribution in [2.45, 2.75) is 46.6 Å². The summed E-state index contributed by atoms with van der Waals surface area (Å²) in [7, 11) is 2.07. The molecule has 0 amide bonds. The normalized spacial score (nSPS) is 15.2. The maximum Gasteiger partial charge on any atom is 0.108 e. The average molecular weight is 237 g/mol. The molecular weight excluding hydrogens is 210 g/mol. The molecule has 0 aliphatic heterocycles. The fourth-order valence-corrected chi connectivity index (χ4v) is 2.57. The molecule has 2 atom stereocenters. The van der Waals surface area contributed by atoms with Crippen LogP contribution in [0.3, 0.4) is 0 Å². The van der Waals surface area contributed by atoms with Gasteiger partial charge in [-0.25, -0.2) is 4.98 Å². The van der Waals surface area contributed by atoms with Gasteiger partial charge >= 0.3 is 0 Å². The standard InChI is InChI=1S/C14H27N3/c1-6-15-12(4)13(11(2)3)7-8-14-16-9-10-17(14)5/h9-13,15H,6-8H2,1-5H3. The Morgan fingerprint density at radius 1 is 1.35 bits per heavy atom. The van der Waals surface area contributed by atoms with Gasteiger partial charge in [0.05, 0.1) is 0 Å². The van der Waals surface area contributed by atoms with E-state index in [0.29, 0.717) is 17.9 Å². The number of aromatic nitrogens is 2. The Balaban J connectivity index is 2.53. The molecule has 17 heavy (non-hydrogen) atoms. The Labute approximate surface area is 106 Å². The summed E-state index contributed by atoms with van der Waals surface area (Å²) >= 11 is 0. The Hall–Kier alpha value is -0.830. The second kappa shape index (κ2) is 6.80. The van der Waals surface area contributed by atoms with E-state index in [1.54, 1.807) is 0 Å². The Morgan fingerprint density at radius 2 is 2.06 bits per heavy atom. The van der Waals surface area contributed by atoms with E-state index in [9.17, 15) is 0 Å². The Bertz CT molecular complexity index is 317. The quantitative estimate of drug-likeness (QED) is 0.790. The number of imidazole rings is 1. The van der Waals surface area contributed by atoms with Crippen molar-refractivity contribution in [2.24, 2.45) is 18.9 Å². The molecule has 0 fully saturated rings. The summed E-state index contributed by atoms with van der Waals surface area (Å²) in [5.41, 5.74) is 0. The van der Waals surface area contributed by atoms with Crippen molar-refractivity contribution < 1.29 is 0 Å². The summed E-state index contributed by atoms with van der Waals surface area (Å²) < 4.78 is 2.12. The fraction of sp³-hybridized carbons (Fsp3) is 0.786. The van der Waals surface area contributed by atoms with E-state index in [1.165, 1.54) is 12.2 Å². The number of aryl methyl sites for hydroxylation is 2. The Kier molecular flexibility index (Phi) is 5.69. The molecule has 1 rings (SSSR count). The second-order valence-corrected chi connectivity index (χ2v) is 5.25. The lowest BCUT2D eigenvalue weighted by molar-refractivity contribution is 0.274. The molecule has 0 saturated carbocycles. The summed E-state index contributed by atoms with van der Waals surface area (Å²) in [6.07, 6.45) is 6.18. The minimum Gasteiger partial charge on any atom is -0.338 e. The van der Waals surface area contributed by atoms with Gasteiger partial charge in [0, 0.05) is 31.9 Å². The average Bonchev–Trinajstić information content (AvgIpc) is 2.64. The van der Waals surface area contributed by atoms with Crippen LogP contribution in [0.25, 0.3) is 0 Å². The van der Waals surface area contributed by atoms with Crippen LogP contribution in [0.4, 0.5) is 0 Å². The molecule has 3 nitrogen and oxygen atoms in total. The van der Waals surface area contributed by atoms with Gasteiger partial charge in [-0.05, 0) is 31.7 Å². The van der Waals surface area contributed by atoms with Gasteiger partial charge in [0.2, 0.25) is 0 Å². The highest BCUT2D eigenvalue weighted by Gasteiger charge is 2.20. The van der Waals surface area contributed by atoms with Crippen LogP contribution >= 0.6 is 0 Å². The van der Waals surface area contributed by atoms with Gasteiger partial charge < -0.3 is 9.88 Å². The maximum absolute atomic E-state index is 4.39. The minimum atomic E-state index is 0.584. The zero-order valence-electron chi connectivity index (χ0n) is 11.9. The molecule has 1 aromatic heterocycles. The molecular formula is C14H27N3. The number of nitrogens with one attached hydrogen (secondary N) is 1. The van der Waals surface area contributed by atoms with Crippen molar-refractivity contribution in [1.29, 1.82) is 0 Å². The lowest BCUT2D eigenvalue weighted by Crippen LogP contribution is -2.36. The topological polar surface area (TPSA) is 29.9 Å². The molecule has 3 heteroatoms. The van der Waals surface area contributed by atoms with Gasteiger partial charge in [-0.3, -0.25) is 0 Å². The number of rotatable bonds is 7. The third-order valence-electron chi connectivity index (χ3n) is 3.65.